The molecule has 1 heterocycles. The van der Waals surface area contributed by atoms with E-state index in [0.29, 0.717) is 52.8 Å². The largest absolute Gasteiger partial charge is 0.416 e. The SMILES string of the molecule is CC.O=C(Nc1ccc2ncn(CCCCC3(C(=O)NCC(F)(F)F)c4ccccc4-c4ccccc43)c2c1)c1ccccc1-c1ccc(C(F)(F)F)cc1. The molecular weight excluding hydrogens is 718 g/mol. The number of amides is 2. The van der Waals surface area contributed by atoms with Crippen LogP contribution in [0.1, 0.15) is 60.2 Å². The van der Waals surface area contributed by atoms with E-state index >= 15 is 0 Å². The van der Waals surface area contributed by atoms with Crippen LogP contribution in [0.3, 0.4) is 0 Å². The Balaban J connectivity index is 0.00000253. The summed E-state index contributed by atoms with van der Waals surface area (Å²) in [4.78, 5) is 31.8. The van der Waals surface area contributed by atoms with Crippen molar-refractivity contribution in [2.75, 3.05) is 11.9 Å². The van der Waals surface area contributed by atoms with Crippen molar-refractivity contribution in [3.05, 3.63) is 144 Å². The Morgan fingerprint density at radius 3 is 1.95 bits per heavy atom. The minimum absolute atomic E-state index is 0.275. The van der Waals surface area contributed by atoms with Gasteiger partial charge in [0.05, 0.1) is 22.9 Å². The molecule has 0 aliphatic heterocycles. The molecule has 0 saturated carbocycles. The lowest BCUT2D eigenvalue weighted by atomic mass is 9.73. The van der Waals surface area contributed by atoms with Gasteiger partial charge in [0.25, 0.3) is 5.91 Å². The van der Waals surface area contributed by atoms with E-state index in [1.54, 1.807) is 60.9 Å². The third-order valence-corrected chi connectivity index (χ3v) is 9.68. The first-order chi connectivity index (χ1) is 26.3. The van der Waals surface area contributed by atoms with Crippen molar-refractivity contribution < 1.29 is 35.9 Å². The maximum Gasteiger partial charge on any atom is 0.416 e. The molecule has 0 atom stereocenters. The van der Waals surface area contributed by atoms with E-state index in [4.69, 9.17) is 0 Å². The first-order valence-electron chi connectivity index (χ1n) is 17.9. The van der Waals surface area contributed by atoms with Crippen molar-refractivity contribution >= 4 is 28.5 Å². The fourth-order valence-corrected chi connectivity index (χ4v) is 7.24. The number of rotatable bonds is 10. The van der Waals surface area contributed by atoms with Gasteiger partial charge in [-0.25, -0.2) is 4.98 Å². The van der Waals surface area contributed by atoms with Gasteiger partial charge in [-0.3, -0.25) is 9.59 Å². The standard InChI is InChI=1S/C41H32F6N4O2.C2H6/c42-40(43,44)24-48-38(53)39(33-13-5-3-10-30(33)31-11-4-6-14-34(31)39)21-7-8-22-51-25-49-35-20-19-28(23-36(35)51)50-37(52)32-12-2-1-9-29(32)26-15-17-27(18-16-26)41(45,46)47;1-2/h1-6,9-20,23,25H,7-8,21-22,24H2,(H,48,53)(H,50,52);1-2H3. The Morgan fingerprint density at radius 1 is 0.727 bits per heavy atom. The van der Waals surface area contributed by atoms with Gasteiger partial charge in [-0.05, 0) is 89.0 Å². The predicted molar refractivity (Wildman–Crippen MR) is 201 cm³/mol. The quantitative estimate of drug-likeness (QED) is 0.108. The number of carbonyl (C=O) groups is 2. The zero-order chi connectivity index (χ0) is 39.4. The van der Waals surface area contributed by atoms with Gasteiger partial charge in [-0.1, -0.05) is 92.7 Å². The van der Waals surface area contributed by atoms with Gasteiger partial charge in [0.1, 0.15) is 12.0 Å². The molecule has 5 aromatic carbocycles. The highest BCUT2D eigenvalue weighted by atomic mass is 19.4. The number of hydrogen-bond donors (Lipinski definition) is 2. The number of benzene rings is 5. The molecule has 0 saturated heterocycles. The number of anilines is 1. The van der Waals surface area contributed by atoms with Crippen molar-refractivity contribution in [1.29, 1.82) is 0 Å². The van der Waals surface area contributed by atoms with Gasteiger partial charge in [-0.2, -0.15) is 26.3 Å². The van der Waals surface area contributed by atoms with Crippen LogP contribution in [0.4, 0.5) is 32.0 Å². The van der Waals surface area contributed by atoms with Crippen molar-refractivity contribution in [1.82, 2.24) is 14.9 Å². The number of fused-ring (bicyclic) bond motifs is 4. The number of imidazole rings is 1. The second-order valence-corrected chi connectivity index (χ2v) is 13.0. The highest BCUT2D eigenvalue weighted by molar-refractivity contribution is 6.09. The van der Waals surface area contributed by atoms with Crippen LogP contribution < -0.4 is 10.6 Å². The molecule has 55 heavy (non-hydrogen) atoms. The van der Waals surface area contributed by atoms with Gasteiger partial charge < -0.3 is 15.2 Å². The Kier molecular flexibility index (Phi) is 11.2. The Bertz CT molecular complexity index is 2270. The van der Waals surface area contributed by atoms with Crippen LogP contribution in [0.25, 0.3) is 33.3 Å². The van der Waals surface area contributed by atoms with Crippen LogP contribution in [-0.2, 0) is 22.9 Å². The molecule has 0 unspecified atom stereocenters. The zero-order valence-electron chi connectivity index (χ0n) is 30.1. The van der Waals surface area contributed by atoms with Gasteiger partial charge in [0, 0.05) is 17.8 Å². The van der Waals surface area contributed by atoms with Crippen LogP contribution in [0.5, 0.6) is 0 Å². The van der Waals surface area contributed by atoms with Crippen molar-refractivity contribution in [2.45, 2.75) is 57.4 Å². The molecule has 6 aromatic rings. The number of aromatic nitrogens is 2. The van der Waals surface area contributed by atoms with E-state index in [-0.39, 0.29) is 12.0 Å². The van der Waals surface area contributed by atoms with Crippen LogP contribution >= 0.6 is 0 Å². The summed E-state index contributed by atoms with van der Waals surface area (Å²) in [6.45, 7) is 3.05. The molecule has 6 nitrogen and oxygen atoms in total. The number of unbranched alkanes of at least 4 members (excludes halogenated alkanes) is 1. The van der Waals surface area contributed by atoms with E-state index in [2.05, 4.69) is 15.6 Å². The summed E-state index contributed by atoms with van der Waals surface area (Å²) >= 11 is 0. The molecule has 0 fully saturated rings. The highest BCUT2D eigenvalue weighted by Crippen LogP contribution is 2.51. The average Bonchev–Trinajstić information content (AvgIpc) is 3.72. The molecule has 0 bridgehead atoms. The van der Waals surface area contributed by atoms with Crippen LogP contribution in [0, 0.1) is 0 Å². The summed E-state index contributed by atoms with van der Waals surface area (Å²) in [7, 11) is 0. The number of hydrogen-bond acceptors (Lipinski definition) is 3. The average molecular weight is 757 g/mol. The lowest BCUT2D eigenvalue weighted by molar-refractivity contribution is -0.141. The monoisotopic (exact) mass is 756 g/mol. The molecule has 284 valence electrons. The number of aryl methyl sites for hydroxylation is 1. The smallest absolute Gasteiger partial charge is 0.346 e. The first-order valence-corrected chi connectivity index (χ1v) is 17.9. The van der Waals surface area contributed by atoms with Crippen molar-refractivity contribution in [3.63, 3.8) is 0 Å². The number of nitrogens with zero attached hydrogens (tertiary/aromatic N) is 2. The summed E-state index contributed by atoms with van der Waals surface area (Å²) in [5.41, 5.74) is 4.01. The molecule has 7 rings (SSSR count). The fraction of sp³-hybridized carbons (Fsp3) is 0.233. The first kappa shape index (κ1) is 38.8. The van der Waals surface area contributed by atoms with Crippen molar-refractivity contribution in [2.24, 2.45) is 0 Å². The van der Waals surface area contributed by atoms with Crippen LogP contribution in [0.2, 0.25) is 0 Å². The number of nitrogens with one attached hydrogen (secondary N) is 2. The molecule has 2 N–H and O–H groups in total. The molecule has 1 aromatic heterocycles. The van der Waals surface area contributed by atoms with Gasteiger partial charge in [0.2, 0.25) is 5.91 Å². The van der Waals surface area contributed by atoms with Gasteiger partial charge in [-0.15, -0.1) is 0 Å². The van der Waals surface area contributed by atoms with E-state index in [1.165, 1.54) is 12.1 Å². The lowest BCUT2D eigenvalue weighted by Crippen LogP contribution is -2.47. The molecule has 12 heteroatoms. The lowest BCUT2D eigenvalue weighted by Gasteiger charge is -2.31. The summed E-state index contributed by atoms with van der Waals surface area (Å²) in [5, 5.41) is 5.06. The second-order valence-electron chi connectivity index (χ2n) is 13.0. The van der Waals surface area contributed by atoms with E-state index in [9.17, 15) is 35.9 Å². The third-order valence-electron chi connectivity index (χ3n) is 9.68. The highest BCUT2D eigenvalue weighted by Gasteiger charge is 2.49. The van der Waals surface area contributed by atoms with Gasteiger partial charge >= 0.3 is 12.4 Å². The Labute approximate surface area is 314 Å². The molecule has 0 spiro atoms. The molecular formula is C43H38F6N4O2. The Morgan fingerprint density at radius 2 is 1.33 bits per heavy atom. The van der Waals surface area contributed by atoms with E-state index < -0.39 is 41.7 Å². The van der Waals surface area contributed by atoms with Gasteiger partial charge in [0.15, 0.2) is 0 Å². The number of carbonyl (C=O) groups excluding carboxylic acids is 2. The summed E-state index contributed by atoms with van der Waals surface area (Å²) in [5.74, 6) is -1.14. The molecule has 2 amide bonds. The zero-order valence-corrected chi connectivity index (χ0v) is 30.1. The van der Waals surface area contributed by atoms with E-state index in [1.807, 2.05) is 54.8 Å². The number of halogens is 6. The summed E-state index contributed by atoms with van der Waals surface area (Å²) in [6, 6.07) is 31.2. The Hall–Kier alpha value is -5.91. The predicted octanol–water partition coefficient (Wildman–Crippen LogP) is 10.8. The van der Waals surface area contributed by atoms with Crippen LogP contribution in [0.15, 0.2) is 122 Å². The van der Waals surface area contributed by atoms with Crippen molar-refractivity contribution in [3.8, 4) is 22.3 Å². The maximum absolute atomic E-state index is 13.8. The normalized spacial score (nSPS) is 13.0. The molecule has 1 aliphatic carbocycles. The topological polar surface area (TPSA) is 76.0 Å². The van der Waals surface area contributed by atoms with E-state index in [0.717, 1.165) is 28.8 Å². The third kappa shape index (κ3) is 7.99. The second kappa shape index (κ2) is 15.8. The maximum atomic E-state index is 13.8. The molecule has 1 aliphatic rings. The van der Waals surface area contributed by atoms with Crippen LogP contribution in [-0.4, -0.2) is 34.1 Å². The minimum atomic E-state index is -4.56. The summed E-state index contributed by atoms with van der Waals surface area (Å²) < 4.78 is 81.0. The number of alkyl halides is 6. The summed E-state index contributed by atoms with van der Waals surface area (Å²) in [6.07, 6.45) is -6.03. The fourth-order valence-electron chi connectivity index (χ4n) is 7.24. The minimum Gasteiger partial charge on any atom is -0.346 e. The molecule has 0 radical (unpaired) electrons.